The summed E-state index contributed by atoms with van der Waals surface area (Å²) in [6.45, 7) is 5.91. The van der Waals surface area contributed by atoms with Gasteiger partial charge in [0, 0.05) is 6.42 Å². The Bertz CT molecular complexity index is 238. The van der Waals surface area contributed by atoms with Gasteiger partial charge >= 0.3 is 0 Å². The highest BCUT2D eigenvalue weighted by atomic mass is 16.1. The van der Waals surface area contributed by atoms with E-state index in [1.165, 1.54) is 6.42 Å². The van der Waals surface area contributed by atoms with E-state index in [0.717, 1.165) is 37.7 Å². The third kappa shape index (κ3) is 3.13. The van der Waals surface area contributed by atoms with Gasteiger partial charge in [-0.25, -0.2) is 0 Å². The number of ketones is 1. The second-order valence-electron chi connectivity index (χ2n) is 4.01. The molecule has 0 N–H and O–H groups in total. The van der Waals surface area contributed by atoms with Gasteiger partial charge in [-0.2, -0.15) is 0 Å². The third-order valence-electron chi connectivity index (χ3n) is 2.89. The second-order valence-corrected chi connectivity index (χ2v) is 4.01. The lowest BCUT2D eigenvalue weighted by Gasteiger charge is -2.15. The lowest BCUT2D eigenvalue weighted by Crippen LogP contribution is -2.10. The molecule has 0 bridgehead atoms. The topological polar surface area (TPSA) is 17.1 Å². The quantitative estimate of drug-likeness (QED) is 0.491. The van der Waals surface area contributed by atoms with Crippen molar-refractivity contribution < 1.29 is 4.79 Å². The lowest BCUT2D eigenvalue weighted by atomic mass is 9.89. The molecule has 0 aromatic heterocycles. The summed E-state index contributed by atoms with van der Waals surface area (Å²) < 4.78 is 0. The minimum absolute atomic E-state index is 0.374. The molecule has 1 rings (SSSR count). The van der Waals surface area contributed by atoms with E-state index >= 15 is 0 Å². The fraction of sp³-hybridized carbons (Fsp3) is 0.615. The van der Waals surface area contributed by atoms with Crippen LogP contribution in [0.15, 0.2) is 24.3 Å². The SMILES string of the molecule is C=CCC(/C=C1/CCCCC1=O)CC. The van der Waals surface area contributed by atoms with Crippen LogP contribution in [0.4, 0.5) is 0 Å². The van der Waals surface area contributed by atoms with Crippen LogP contribution in [0.3, 0.4) is 0 Å². The Morgan fingerprint density at radius 3 is 2.71 bits per heavy atom. The van der Waals surface area contributed by atoms with Crippen LogP contribution in [0.5, 0.6) is 0 Å². The van der Waals surface area contributed by atoms with E-state index in [1.807, 2.05) is 6.08 Å². The van der Waals surface area contributed by atoms with Gasteiger partial charge in [0.25, 0.3) is 0 Å². The van der Waals surface area contributed by atoms with Gasteiger partial charge in [-0.05, 0) is 43.6 Å². The largest absolute Gasteiger partial charge is 0.295 e. The van der Waals surface area contributed by atoms with Crippen molar-refractivity contribution in [1.82, 2.24) is 0 Å². The zero-order valence-corrected chi connectivity index (χ0v) is 9.09. The fourth-order valence-corrected chi connectivity index (χ4v) is 1.93. The number of hydrogen-bond donors (Lipinski definition) is 0. The minimum Gasteiger partial charge on any atom is -0.295 e. The monoisotopic (exact) mass is 192 g/mol. The van der Waals surface area contributed by atoms with Crippen LogP contribution in [0.1, 0.15) is 45.4 Å². The Balaban J connectivity index is 2.62. The van der Waals surface area contributed by atoms with Crippen LogP contribution >= 0.6 is 0 Å². The molecule has 1 nitrogen and oxygen atoms in total. The molecule has 0 radical (unpaired) electrons. The Labute approximate surface area is 86.9 Å². The molecule has 0 spiro atoms. The van der Waals surface area contributed by atoms with Gasteiger partial charge < -0.3 is 0 Å². The number of carbonyl (C=O) groups is 1. The summed E-state index contributed by atoms with van der Waals surface area (Å²) in [5, 5.41) is 0. The molecular weight excluding hydrogens is 172 g/mol. The summed E-state index contributed by atoms with van der Waals surface area (Å²) in [5.74, 6) is 0.892. The van der Waals surface area contributed by atoms with Crippen molar-refractivity contribution in [2.45, 2.75) is 45.4 Å². The zero-order chi connectivity index (χ0) is 10.4. The smallest absolute Gasteiger partial charge is 0.158 e. The van der Waals surface area contributed by atoms with E-state index in [1.54, 1.807) is 0 Å². The average Bonchev–Trinajstić information content (AvgIpc) is 2.20. The van der Waals surface area contributed by atoms with E-state index in [9.17, 15) is 4.79 Å². The lowest BCUT2D eigenvalue weighted by molar-refractivity contribution is -0.116. The maximum absolute atomic E-state index is 11.6. The van der Waals surface area contributed by atoms with Crippen molar-refractivity contribution in [2.75, 3.05) is 0 Å². The van der Waals surface area contributed by atoms with Crippen molar-refractivity contribution in [2.24, 2.45) is 5.92 Å². The Hall–Kier alpha value is -0.850. The molecule has 1 atom stereocenters. The van der Waals surface area contributed by atoms with Crippen LogP contribution in [-0.4, -0.2) is 5.78 Å². The number of hydrogen-bond acceptors (Lipinski definition) is 1. The predicted octanol–water partition coefficient (Wildman–Crippen LogP) is 3.66. The Morgan fingerprint density at radius 1 is 1.43 bits per heavy atom. The molecule has 1 aliphatic rings. The molecule has 0 heterocycles. The molecular formula is C13H20O. The Morgan fingerprint density at radius 2 is 2.14 bits per heavy atom. The average molecular weight is 192 g/mol. The van der Waals surface area contributed by atoms with Crippen molar-refractivity contribution in [1.29, 1.82) is 0 Å². The summed E-state index contributed by atoms with van der Waals surface area (Å²) in [6, 6.07) is 0. The molecule has 1 heteroatoms. The summed E-state index contributed by atoms with van der Waals surface area (Å²) in [6.07, 6.45) is 10.2. The number of allylic oxidation sites excluding steroid dienone is 3. The molecule has 0 aliphatic heterocycles. The normalized spacial score (nSPS) is 22.4. The highest BCUT2D eigenvalue weighted by Gasteiger charge is 2.15. The number of rotatable bonds is 4. The molecule has 0 saturated heterocycles. The summed E-state index contributed by atoms with van der Waals surface area (Å²) in [7, 11) is 0. The standard InChI is InChI=1S/C13H20O/c1-3-7-11(4-2)10-12-8-5-6-9-13(12)14/h3,10-11H,1,4-9H2,2H3/b12-10-. The number of carbonyl (C=O) groups excluding carboxylic acids is 1. The summed E-state index contributed by atoms with van der Waals surface area (Å²) >= 11 is 0. The zero-order valence-electron chi connectivity index (χ0n) is 9.09. The van der Waals surface area contributed by atoms with Gasteiger partial charge in [0.15, 0.2) is 5.78 Å². The van der Waals surface area contributed by atoms with Gasteiger partial charge in [-0.15, -0.1) is 6.58 Å². The van der Waals surface area contributed by atoms with Crippen molar-refractivity contribution in [3.63, 3.8) is 0 Å². The molecule has 0 aromatic carbocycles. The molecule has 14 heavy (non-hydrogen) atoms. The fourth-order valence-electron chi connectivity index (χ4n) is 1.93. The maximum Gasteiger partial charge on any atom is 0.158 e. The van der Waals surface area contributed by atoms with Crippen molar-refractivity contribution >= 4 is 5.78 Å². The van der Waals surface area contributed by atoms with Gasteiger partial charge in [0.1, 0.15) is 0 Å². The summed E-state index contributed by atoms with van der Waals surface area (Å²) in [4.78, 5) is 11.6. The molecule has 1 fully saturated rings. The first-order valence-corrected chi connectivity index (χ1v) is 5.62. The van der Waals surface area contributed by atoms with E-state index < -0.39 is 0 Å². The van der Waals surface area contributed by atoms with Crippen LogP contribution in [0, 0.1) is 5.92 Å². The molecule has 1 unspecified atom stereocenters. The highest BCUT2D eigenvalue weighted by molar-refractivity contribution is 5.95. The maximum atomic E-state index is 11.6. The first-order valence-electron chi connectivity index (χ1n) is 5.62. The van der Waals surface area contributed by atoms with Gasteiger partial charge in [-0.3, -0.25) is 4.79 Å². The van der Waals surface area contributed by atoms with Gasteiger partial charge in [-0.1, -0.05) is 19.1 Å². The molecule has 1 saturated carbocycles. The van der Waals surface area contributed by atoms with Gasteiger partial charge in [0.2, 0.25) is 0 Å². The first kappa shape index (κ1) is 11.2. The summed E-state index contributed by atoms with van der Waals surface area (Å²) in [5.41, 5.74) is 1.07. The van der Waals surface area contributed by atoms with E-state index in [-0.39, 0.29) is 0 Å². The second kappa shape index (κ2) is 5.79. The Kier molecular flexibility index (Phi) is 4.64. The molecule has 0 aromatic rings. The van der Waals surface area contributed by atoms with Crippen molar-refractivity contribution in [3.05, 3.63) is 24.3 Å². The van der Waals surface area contributed by atoms with Crippen LogP contribution in [-0.2, 0) is 4.79 Å². The minimum atomic E-state index is 0.374. The first-order chi connectivity index (χ1) is 6.77. The van der Waals surface area contributed by atoms with E-state index in [0.29, 0.717) is 11.7 Å². The van der Waals surface area contributed by atoms with E-state index in [4.69, 9.17) is 0 Å². The predicted molar refractivity (Wildman–Crippen MR) is 60.2 cm³/mol. The molecule has 0 amide bonds. The van der Waals surface area contributed by atoms with Crippen molar-refractivity contribution in [3.8, 4) is 0 Å². The van der Waals surface area contributed by atoms with Crippen LogP contribution in [0.25, 0.3) is 0 Å². The molecule has 78 valence electrons. The highest BCUT2D eigenvalue weighted by Crippen LogP contribution is 2.23. The number of Topliss-reactive ketones (excluding diaryl/α,β-unsaturated/α-hetero) is 1. The van der Waals surface area contributed by atoms with E-state index in [2.05, 4.69) is 19.6 Å². The third-order valence-corrected chi connectivity index (χ3v) is 2.89. The molecule has 1 aliphatic carbocycles. The van der Waals surface area contributed by atoms with Crippen LogP contribution < -0.4 is 0 Å². The van der Waals surface area contributed by atoms with Crippen LogP contribution in [0.2, 0.25) is 0 Å². The van der Waals surface area contributed by atoms with Gasteiger partial charge in [0.05, 0.1) is 0 Å².